The fourth-order valence-corrected chi connectivity index (χ4v) is 2.01. The van der Waals surface area contributed by atoms with Crippen molar-refractivity contribution < 1.29 is 29.5 Å². The zero-order valence-electron chi connectivity index (χ0n) is 6.66. The van der Waals surface area contributed by atoms with Gasteiger partial charge in [-0.05, 0) is 0 Å². The van der Waals surface area contributed by atoms with Gasteiger partial charge in [0.25, 0.3) is 0 Å². The minimum Gasteiger partial charge on any atom is -0.394 e. The highest BCUT2D eigenvalue weighted by Crippen LogP contribution is 2.58. The molecule has 13 heavy (non-hydrogen) atoms. The highest BCUT2D eigenvalue weighted by atomic mass is 16.9. The van der Waals surface area contributed by atoms with Crippen LogP contribution >= 0.6 is 0 Å². The van der Waals surface area contributed by atoms with E-state index in [1.54, 1.807) is 0 Å². The topological polar surface area (TPSA) is 91.7 Å². The molecule has 6 atom stereocenters. The molecular weight excluding hydrogens is 180 g/mol. The molecule has 3 aliphatic heterocycles. The van der Waals surface area contributed by atoms with Crippen LogP contribution in [-0.2, 0) is 14.2 Å². The van der Waals surface area contributed by atoms with Crippen LogP contribution in [0.4, 0.5) is 0 Å². The third-order valence-corrected chi connectivity index (χ3v) is 2.90. The van der Waals surface area contributed by atoms with Gasteiger partial charge in [-0.1, -0.05) is 0 Å². The fraction of sp³-hybridized carbons (Fsp3) is 1.00. The minimum atomic E-state index is -1.11. The second-order valence-corrected chi connectivity index (χ2v) is 3.56. The number of ether oxygens (including phenoxy) is 3. The van der Waals surface area contributed by atoms with Crippen molar-refractivity contribution in [3.8, 4) is 0 Å². The Kier molecular flexibility index (Phi) is 1.38. The van der Waals surface area contributed by atoms with E-state index < -0.39 is 36.5 Å². The maximum Gasteiger partial charge on any atom is 0.201 e. The normalized spacial score (nSPS) is 63.5. The Morgan fingerprint density at radius 3 is 2.54 bits per heavy atom. The molecule has 3 N–H and O–H groups in total. The van der Waals surface area contributed by atoms with Crippen LogP contribution in [-0.4, -0.2) is 58.4 Å². The van der Waals surface area contributed by atoms with Gasteiger partial charge in [0.2, 0.25) is 5.60 Å². The van der Waals surface area contributed by atoms with Gasteiger partial charge in [0.1, 0.15) is 18.3 Å². The van der Waals surface area contributed by atoms with Crippen molar-refractivity contribution in [2.24, 2.45) is 0 Å². The predicted octanol–water partition coefficient (Wildman–Crippen LogP) is -2.45. The van der Waals surface area contributed by atoms with Gasteiger partial charge in [0.15, 0.2) is 12.6 Å². The van der Waals surface area contributed by atoms with Gasteiger partial charge in [0, 0.05) is 0 Å². The molecule has 0 saturated carbocycles. The van der Waals surface area contributed by atoms with Gasteiger partial charge < -0.3 is 29.5 Å². The molecule has 0 amide bonds. The van der Waals surface area contributed by atoms with Crippen LogP contribution in [0.5, 0.6) is 0 Å². The quantitative estimate of drug-likeness (QED) is 0.397. The highest BCUT2D eigenvalue weighted by molar-refractivity contribution is 5.19. The molecule has 3 aliphatic rings. The van der Waals surface area contributed by atoms with Crippen molar-refractivity contribution in [1.82, 2.24) is 0 Å². The lowest BCUT2D eigenvalue weighted by Gasteiger charge is -2.44. The summed E-state index contributed by atoms with van der Waals surface area (Å²) < 4.78 is 15.1. The predicted molar refractivity (Wildman–Crippen MR) is 36.4 cm³/mol. The largest absolute Gasteiger partial charge is 0.394 e. The Hall–Kier alpha value is -0.240. The first-order valence-electron chi connectivity index (χ1n) is 4.16. The van der Waals surface area contributed by atoms with E-state index in [0.29, 0.717) is 0 Å². The molecule has 0 unspecified atom stereocenters. The van der Waals surface area contributed by atoms with Crippen molar-refractivity contribution in [2.75, 3.05) is 6.61 Å². The van der Waals surface area contributed by atoms with E-state index >= 15 is 0 Å². The van der Waals surface area contributed by atoms with E-state index in [-0.39, 0.29) is 6.61 Å². The highest BCUT2D eigenvalue weighted by Gasteiger charge is 2.81. The third kappa shape index (κ3) is 0.746. The minimum absolute atomic E-state index is 0.348. The van der Waals surface area contributed by atoms with Gasteiger partial charge in [-0.2, -0.15) is 0 Å². The molecule has 1 spiro atoms. The summed E-state index contributed by atoms with van der Waals surface area (Å²) in [7, 11) is 0. The zero-order chi connectivity index (χ0) is 9.22. The third-order valence-electron chi connectivity index (χ3n) is 2.90. The number of aliphatic hydroxyl groups excluding tert-OH is 3. The van der Waals surface area contributed by atoms with Crippen molar-refractivity contribution >= 4 is 0 Å². The van der Waals surface area contributed by atoms with E-state index in [9.17, 15) is 10.2 Å². The van der Waals surface area contributed by atoms with Crippen molar-refractivity contribution in [2.45, 2.75) is 36.5 Å². The fourth-order valence-electron chi connectivity index (χ4n) is 2.01. The molecule has 0 aromatic rings. The Morgan fingerprint density at radius 2 is 2.00 bits per heavy atom. The molecule has 0 aliphatic carbocycles. The SMILES string of the molecule is OC[C@H]1O[C@@H](O)[C@]23O[C@H]2O[C@H]3[C@@H]1O. The van der Waals surface area contributed by atoms with Gasteiger partial charge >= 0.3 is 0 Å². The maximum absolute atomic E-state index is 9.57. The standard InChI is InChI=1S/C7H10O6/c8-1-2-3(9)4-7(5(10)11-2)6(12-4)13-7/h2-6,8-10H,1H2/t2-,3-,4+,5-,6-,7+/m1/s1. The number of aliphatic hydroxyl groups is 3. The van der Waals surface area contributed by atoms with E-state index in [1.165, 1.54) is 0 Å². The molecule has 3 saturated heterocycles. The van der Waals surface area contributed by atoms with Crippen LogP contribution < -0.4 is 0 Å². The smallest absolute Gasteiger partial charge is 0.201 e. The van der Waals surface area contributed by atoms with Crippen LogP contribution in [0.3, 0.4) is 0 Å². The van der Waals surface area contributed by atoms with Gasteiger partial charge in [-0.25, -0.2) is 0 Å². The lowest BCUT2D eigenvalue weighted by Crippen LogP contribution is -2.67. The van der Waals surface area contributed by atoms with E-state index in [0.717, 1.165) is 0 Å². The number of hydrogen-bond acceptors (Lipinski definition) is 6. The Bertz CT molecular complexity index is 245. The maximum atomic E-state index is 9.57. The number of rotatable bonds is 1. The molecule has 3 fully saturated rings. The molecule has 0 bridgehead atoms. The van der Waals surface area contributed by atoms with Crippen molar-refractivity contribution in [1.29, 1.82) is 0 Å². The summed E-state index contributed by atoms with van der Waals surface area (Å²) in [5.41, 5.74) is -0.856. The molecule has 6 heteroatoms. The van der Waals surface area contributed by atoms with Crippen LogP contribution in [0.1, 0.15) is 0 Å². The molecule has 0 aromatic carbocycles. The van der Waals surface area contributed by atoms with Gasteiger partial charge in [-0.15, -0.1) is 0 Å². The van der Waals surface area contributed by atoms with E-state index in [4.69, 9.17) is 19.3 Å². The first-order valence-corrected chi connectivity index (χ1v) is 4.16. The Balaban J connectivity index is 1.84. The summed E-state index contributed by atoms with van der Waals surface area (Å²) in [5.74, 6) is 0. The molecule has 0 aromatic heterocycles. The van der Waals surface area contributed by atoms with Gasteiger partial charge in [-0.3, -0.25) is 0 Å². The summed E-state index contributed by atoms with van der Waals surface area (Å²) in [6.45, 7) is -0.348. The number of epoxide rings is 1. The summed E-state index contributed by atoms with van der Waals surface area (Å²) in [6.07, 6.45) is -3.86. The average molecular weight is 190 g/mol. The molecule has 0 radical (unpaired) electrons. The van der Waals surface area contributed by atoms with Crippen LogP contribution in [0.15, 0.2) is 0 Å². The molecular formula is C7H10O6. The summed E-state index contributed by atoms with van der Waals surface area (Å²) in [6, 6.07) is 0. The van der Waals surface area contributed by atoms with Gasteiger partial charge in [0.05, 0.1) is 6.61 Å². The Labute approximate surface area is 73.6 Å². The van der Waals surface area contributed by atoms with Crippen LogP contribution in [0, 0.1) is 0 Å². The summed E-state index contributed by atoms with van der Waals surface area (Å²) in [5, 5.41) is 27.9. The number of hydrogen-bond donors (Lipinski definition) is 3. The summed E-state index contributed by atoms with van der Waals surface area (Å²) >= 11 is 0. The monoisotopic (exact) mass is 190 g/mol. The van der Waals surface area contributed by atoms with Crippen LogP contribution in [0.2, 0.25) is 0 Å². The summed E-state index contributed by atoms with van der Waals surface area (Å²) in [4.78, 5) is 0. The molecule has 3 heterocycles. The first kappa shape index (κ1) is 8.10. The molecule has 3 rings (SSSR count). The lowest BCUT2D eigenvalue weighted by molar-refractivity contribution is -0.310. The second kappa shape index (κ2) is 2.22. The average Bonchev–Trinajstić information content (AvgIpc) is 2.63. The second-order valence-electron chi connectivity index (χ2n) is 3.56. The first-order chi connectivity index (χ1) is 6.20. The van der Waals surface area contributed by atoms with Crippen molar-refractivity contribution in [3.05, 3.63) is 0 Å². The van der Waals surface area contributed by atoms with E-state index in [1.807, 2.05) is 0 Å². The molecule has 74 valence electrons. The van der Waals surface area contributed by atoms with E-state index in [2.05, 4.69) is 0 Å². The van der Waals surface area contributed by atoms with Crippen LogP contribution in [0.25, 0.3) is 0 Å². The Morgan fingerprint density at radius 1 is 1.23 bits per heavy atom. The lowest BCUT2D eigenvalue weighted by atomic mass is 9.86. The van der Waals surface area contributed by atoms with Crippen molar-refractivity contribution in [3.63, 3.8) is 0 Å². The molecule has 6 nitrogen and oxygen atoms in total. The zero-order valence-corrected chi connectivity index (χ0v) is 6.66.